The lowest BCUT2D eigenvalue weighted by Crippen LogP contribution is -2.55. The van der Waals surface area contributed by atoms with Crippen molar-refractivity contribution in [1.29, 1.82) is 0 Å². The van der Waals surface area contributed by atoms with Crippen LogP contribution in [0, 0.1) is 5.92 Å². The zero-order valence-corrected chi connectivity index (χ0v) is 17.1. The van der Waals surface area contributed by atoms with Crippen molar-refractivity contribution in [2.45, 2.75) is 45.7 Å². The van der Waals surface area contributed by atoms with E-state index in [0.29, 0.717) is 6.54 Å². The molecule has 6 heteroatoms. The Hall–Kier alpha value is -0.760. The van der Waals surface area contributed by atoms with Crippen LogP contribution in [-0.4, -0.2) is 43.1 Å². The number of nitrogens with one attached hydrogen (secondary N) is 2. The van der Waals surface area contributed by atoms with E-state index in [1.807, 2.05) is 12.1 Å². The number of rotatable bonds is 5. The average Bonchev–Trinajstić information content (AvgIpc) is 3.01. The van der Waals surface area contributed by atoms with E-state index in [0.717, 1.165) is 24.2 Å². The van der Waals surface area contributed by atoms with Crippen LogP contribution in [-0.2, 0) is 6.54 Å². The van der Waals surface area contributed by atoms with E-state index in [1.165, 1.54) is 25.9 Å². The van der Waals surface area contributed by atoms with Gasteiger partial charge in [0.05, 0.1) is 12.8 Å². The number of likely N-dealkylation sites (tertiary alicyclic amines) is 1. The standard InChI is InChI=1S/C17H30N4O.HI/c1-14-7-5-9-21(12-14)17(2,3)13-20-16(18-4)19-11-15-8-6-10-22-15;/h6,8,10,14H,5,7,9,11-13H2,1-4H3,(H2,18,19,20);1H. The molecule has 1 unspecified atom stereocenters. The molecule has 0 amide bonds. The summed E-state index contributed by atoms with van der Waals surface area (Å²) in [5.41, 5.74) is 0.122. The molecule has 0 aliphatic carbocycles. The van der Waals surface area contributed by atoms with Gasteiger partial charge in [0, 0.05) is 25.7 Å². The Morgan fingerprint density at radius 1 is 1.43 bits per heavy atom. The van der Waals surface area contributed by atoms with Gasteiger partial charge in [0.15, 0.2) is 5.96 Å². The Balaban J connectivity index is 0.00000264. The first-order valence-electron chi connectivity index (χ1n) is 8.23. The third kappa shape index (κ3) is 6.33. The van der Waals surface area contributed by atoms with Crippen molar-refractivity contribution in [3.05, 3.63) is 24.2 Å². The average molecular weight is 434 g/mol. The number of halogens is 1. The van der Waals surface area contributed by atoms with Gasteiger partial charge in [-0.2, -0.15) is 0 Å². The number of guanidine groups is 1. The lowest BCUT2D eigenvalue weighted by atomic mass is 9.93. The Labute approximate surface area is 157 Å². The van der Waals surface area contributed by atoms with Crippen LogP contribution in [0.3, 0.4) is 0 Å². The van der Waals surface area contributed by atoms with Crippen molar-refractivity contribution in [2.24, 2.45) is 10.9 Å². The third-order valence-corrected chi connectivity index (χ3v) is 4.44. The van der Waals surface area contributed by atoms with Gasteiger partial charge in [-0.3, -0.25) is 9.89 Å². The molecule has 0 bridgehead atoms. The van der Waals surface area contributed by atoms with Gasteiger partial charge in [-0.05, 0) is 51.3 Å². The van der Waals surface area contributed by atoms with Crippen LogP contribution in [0.25, 0.3) is 0 Å². The van der Waals surface area contributed by atoms with E-state index < -0.39 is 0 Å². The van der Waals surface area contributed by atoms with E-state index in [2.05, 4.69) is 41.3 Å². The van der Waals surface area contributed by atoms with Crippen LogP contribution in [0.1, 0.15) is 39.4 Å². The van der Waals surface area contributed by atoms with Gasteiger partial charge in [0.1, 0.15) is 5.76 Å². The molecular weight excluding hydrogens is 403 g/mol. The number of nitrogens with zero attached hydrogens (tertiary/aromatic N) is 2. The first kappa shape index (κ1) is 20.3. The molecule has 1 aromatic rings. The van der Waals surface area contributed by atoms with E-state index in [1.54, 1.807) is 13.3 Å². The number of piperidine rings is 1. The highest BCUT2D eigenvalue weighted by molar-refractivity contribution is 14.0. The fraction of sp³-hybridized carbons (Fsp3) is 0.706. The molecule has 5 nitrogen and oxygen atoms in total. The van der Waals surface area contributed by atoms with Crippen LogP contribution < -0.4 is 10.6 Å². The maximum atomic E-state index is 5.33. The smallest absolute Gasteiger partial charge is 0.191 e. The second-order valence-electron chi connectivity index (χ2n) is 6.86. The van der Waals surface area contributed by atoms with Crippen molar-refractivity contribution in [3.63, 3.8) is 0 Å². The number of aliphatic imine (C=N–C) groups is 1. The second-order valence-corrected chi connectivity index (χ2v) is 6.86. The van der Waals surface area contributed by atoms with Crippen molar-refractivity contribution in [1.82, 2.24) is 15.5 Å². The summed E-state index contributed by atoms with van der Waals surface area (Å²) in [6.45, 7) is 10.9. The van der Waals surface area contributed by atoms with Gasteiger partial charge in [0.25, 0.3) is 0 Å². The maximum Gasteiger partial charge on any atom is 0.191 e. The normalized spacial score (nSPS) is 20.0. The highest BCUT2D eigenvalue weighted by Gasteiger charge is 2.30. The highest BCUT2D eigenvalue weighted by atomic mass is 127. The van der Waals surface area contributed by atoms with Crippen LogP contribution in [0.15, 0.2) is 27.8 Å². The van der Waals surface area contributed by atoms with Gasteiger partial charge in [-0.25, -0.2) is 0 Å². The summed E-state index contributed by atoms with van der Waals surface area (Å²) in [6, 6.07) is 3.85. The zero-order chi connectivity index (χ0) is 16.0. The lowest BCUT2D eigenvalue weighted by Gasteiger charge is -2.43. The molecule has 0 saturated carbocycles. The predicted molar refractivity (Wildman–Crippen MR) is 106 cm³/mol. The summed E-state index contributed by atoms with van der Waals surface area (Å²) < 4.78 is 5.33. The van der Waals surface area contributed by atoms with Crippen LogP contribution in [0.2, 0.25) is 0 Å². The Morgan fingerprint density at radius 3 is 2.83 bits per heavy atom. The Bertz CT molecular complexity index is 473. The Kier molecular flexibility index (Phi) is 8.39. The van der Waals surface area contributed by atoms with Crippen molar-refractivity contribution in [3.8, 4) is 0 Å². The summed E-state index contributed by atoms with van der Waals surface area (Å²) in [4.78, 5) is 6.88. The van der Waals surface area contributed by atoms with Gasteiger partial charge in [-0.15, -0.1) is 24.0 Å². The molecule has 132 valence electrons. The molecule has 23 heavy (non-hydrogen) atoms. The van der Waals surface area contributed by atoms with E-state index in [-0.39, 0.29) is 29.5 Å². The zero-order valence-electron chi connectivity index (χ0n) is 14.8. The minimum Gasteiger partial charge on any atom is -0.467 e. The molecule has 1 atom stereocenters. The molecule has 1 fully saturated rings. The van der Waals surface area contributed by atoms with E-state index in [9.17, 15) is 0 Å². The van der Waals surface area contributed by atoms with Crippen molar-refractivity contribution < 1.29 is 4.42 Å². The van der Waals surface area contributed by atoms with Crippen molar-refractivity contribution >= 4 is 29.9 Å². The molecule has 2 N–H and O–H groups in total. The molecule has 1 aliphatic rings. The fourth-order valence-electron chi connectivity index (χ4n) is 2.96. The largest absolute Gasteiger partial charge is 0.467 e. The summed E-state index contributed by atoms with van der Waals surface area (Å²) in [6.07, 6.45) is 4.34. The van der Waals surface area contributed by atoms with Crippen LogP contribution in [0.5, 0.6) is 0 Å². The molecule has 1 aliphatic heterocycles. The lowest BCUT2D eigenvalue weighted by molar-refractivity contribution is 0.0739. The fourth-order valence-corrected chi connectivity index (χ4v) is 2.96. The number of furan rings is 1. The molecule has 0 spiro atoms. The Morgan fingerprint density at radius 2 is 2.22 bits per heavy atom. The molecule has 0 radical (unpaired) electrons. The van der Waals surface area contributed by atoms with Gasteiger partial charge < -0.3 is 15.1 Å². The molecular formula is C17H31IN4O. The van der Waals surface area contributed by atoms with E-state index in [4.69, 9.17) is 4.42 Å². The molecule has 0 aromatic carbocycles. The quantitative estimate of drug-likeness (QED) is 0.425. The molecule has 2 rings (SSSR count). The topological polar surface area (TPSA) is 52.8 Å². The minimum atomic E-state index is 0. The summed E-state index contributed by atoms with van der Waals surface area (Å²) in [5, 5.41) is 6.72. The van der Waals surface area contributed by atoms with Crippen LogP contribution >= 0.6 is 24.0 Å². The number of hydrogen-bond donors (Lipinski definition) is 2. The molecule has 1 aromatic heterocycles. The van der Waals surface area contributed by atoms with E-state index >= 15 is 0 Å². The first-order chi connectivity index (χ1) is 10.5. The minimum absolute atomic E-state index is 0. The summed E-state index contributed by atoms with van der Waals surface area (Å²) >= 11 is 0. The summed E-state index contributed by atoms with van der Waals surface area (Å²) in [7, 11) is 1.80. The van der Waals surface area contributed by atoms with Crippen LogP contribution in [0.4, 0.5) is 0 Å². The molecule has 1 saturated heterocycles. The van der Waals surface area contributed by atoms with Crippen molar-refractivity contribution in [2.75, 3.05) is 26.7 Å². The predicted octanol–water partition coefficient (Wildman–Crippen LogP) is 3.07. The SMILES string of the molecule is CN=C(NCc1ccco1)NCC(C)(C)N1CCCC(C)C1.I. The third-order valence-electron chi connectivity index (χ3n) is 4.44. The first-order valence-corrected chi connectivity index (χ1v) is 8.23. The monoisotopic (exact) mass is 434 g/mol. The summed E-state index contributed by atoms with van der Waals surface area (Å²) in [5.74, 6) is 2.52. The number of hydrogen-bond acceptors (Lipinski definition) is 3. The van der Waals surface area contributed by atoms with Gasteiger partial charge in [-0.1, -0.05) is 6.92 Å². The van der Waals surface area contributed by atoms with Gasteiger partial charge >= 0.3 is 0 Å². The molecule has 2 heterocycles. The maximum absolute atomic E-state index is 5.33. The second kappa shape index (κ2) is 9.52. The highest BCUT2D eigenvalue weighted by Crippen LogP contribution is 2.23. The van der Waals surface area contributed by atoms with Gasteiger partial charge in [0.2, 0.25) is 0 Å².